The van der Waals surface area contributed by atoms with Gasteiger partial charge in [0, 0.05) is 12.1 Å². The first-order valence-electron chi connectivity index (χ1n) is 4.28. The van der Waals surface area contributed by atoms with Crippen molar-refractivity contribution in [3.05, 3.63) is 29.1 Å². The van der Waals surface area contributed by atoms with Gasteiger partial charge < -0.3 is 10.5 Å². The minimum Gasteiger partial charge on any atom is -0.496 e. The van der Waals surface area contributed by atoms with E-state index in [1.165, 1.54) is 13.2 Å². The summed E-state index contributed by atoms with van der Waals surface area (Å²) < 4.78 is 31.3. The van der Waals surface area contributed by atoms with Crippen LogP contribution in [0.3, 0.4) is 0 Å². The number of hydrogen-bond donors (Lipinski definition) is 1. The van der Waals surface area contributed by atoms with E-state index in [4.69, 9.17) is 10.5 Å². The molecule has 1 aromatic carbocycles. The van der Waals surface area contributed by atoms with E-state index < -0.39 is 12.0 Å². The molecule has 0 aliphatic carbocycles. The Labute approximate surface area is 81.7 Å². The number of halogens is 2. The SMILES string of the molecule is COc1cc(C)c(F)cc1C(F)CN. The lowest BCUT2D eigenvalue weighted by molar-refractivity contribution is 0.329. The second kappa shape index (κ2) is 4.37. The summed E-state index contributed by atoms with van der Waals surface area (Å²) in [6.07, 6.45) is -1.39. The summed E-state index contributed by atoms with van der Waals surface area (Å²) in [4.78, 5) is 0. The monoisotopic (exact) mass is 201 g/mol. The molecule has 0 fully saturated rings. The summed E-state index contributed by atoms with van der Waals surface area (Å²) in [6.45, 7) is 1.41. The van der Waals surface area contributed by atoms with Gasteiger partial charge in [0.1, 0.15) is 17.7 Å². The van der Waals surface area contributed by atoms with Crippen LogP contribution in [0.25, 0.3) is 0 Å². The third kappa shape index (κ3) is 2.01. The molecule has 1 atom stereocenters. The van der Waals surface area contributed by atoms with Crippen LogP contribution < -0.4 is 10.5 Å². The molecule has 1 aromatic rings. The Kier molecular flexibility index (Phi) is 3.41. The molecule has 0 saturated carbocycles. The van der Waals surface area contributed by atoms with Crippen LogP contribution in [0.2, 0.25) is 0 Å². The minimum atomic E-state index is -1.39. The number of benzene rings is 1. The van der Waals surface area contributed by atoms with E-state index in [9.17, 15) is 8.78 Å². The fraction of sp³-hybridized carbons (Fsp3) is 0.400. The van der Waals surface area contributed by atoms with Crippen molar-refractivity contribution in [1.29, 1.82) is 0 Å². The molecule has 0 saturated heterocycles. The van der Waals surface area contributed by atoms with Crippen molar-refractivity contribution < 1.29 is 13.5 Å². The molecule has 14 heavy (non-hydrogen) atoms. The molecule has 0 spiro atoms. The quantitative estimate of drug-likeness (QED) is 0.812. The van der Waals surface area contributed by atoms with Gasteiger partial charge in [-0.2, -0.15) is 0 Å². The summed E-state index contributed by atoms with van der Waals surface area (Å²) in [5.74, 6) is -0.112. The van der Waals surface area contributed by atoms with E-state index >= 15 is 0 Å². The van der Waals surface area contributed by atoms with Gasteiger partial charge in [-0.1, -0.05) is 0 Å². The van der Waals surface area contributed by atoms with Crippen molar-refractivity contribution in [1.82, 2.24) is 0 Å². The molecule has 4 heteroatoms. The van der Waals surface area contributed by atoms with Crippen molar-refractivity contribution in [3.63, 3.8) is 0 Å². The van der Waals surface area contributed by atoms with Gasteiger partial charge in [0.2, 0.25) is 0 Å². The van der Waals surface area contributed by atoms with Gasteiger partial charge in [-0.25, -0.2) is 8.78 Å². The normalized spacial score (nSPS) is 12.6. The highest BCUT2D eigenvalue weighted by Gasteiger charge is 2.15. The van der Waals surface area contributed by atoms with Crippen LogP contribution in [0.4, 0.5) is 8.78 Å². The molecule has 0 heterocycles. The van der Waals surface area contributed by atoms with Gasteiger partial charge in [-0.05, 0) is 24.6 Å². The predicted molar refractivity (Wildman–Crippen MR) is 50.6 cm³/mol. The standard InChI is InChI=1S/C10H13F2NO/c1-6-3-10(14-2)7(4-8(6)11)9(12)5-13/h3-4,9H,5,13H2,1-2H3. The van der Waals surface area contributed by atoms with Crippen LogP contribution in [0.15, 0.2) is 12.1 Å². The van der Waals surface area contributed by atoms with Crippen LogP contribution in [0.1, 0.15) is 17.3 Å². The van der Waals surface area contributed by atoms with Gasteiger partial charge in [-0.15, -0.1) is 0 Å². The second-order valence-electron chi connectivity index (χ2n) is 3.05. The van der Waals surface area contributed by atoms with Gasteiger partial charge in [0.05, 0.1) is 7.11 Å². The van der Waals surface area contributed by atoms with Crippen LogP contribution in [-0.4, -0.2) is 13.7 Å². The Morgan fingerprint density at radius 3 is 2.64 bits per heavy atom. The summed E-state index contributed by atoms with van der Waals surface area (Å²) in [5.41, 5.74) is 5.75. The molecule has 1 unspecified atom stereocenters. The number of hydrogen-bond acceptors (Lipinski definition) is 2. The van der Waals surface area contributed by atoms with E-state index in [0.29, 0.717) is 11.3 Å². The second-order valence-corrected chi connectivity index (χ2v) is 3.05. The highest BCUT2D eigenvalue weighted by Crippen LogP contribution is 2.29. The molecular formula is C10H13F2NO. The maximum Gasteiger partial charge on any atom is 0.141 e. The van der Waals surface area contributed by atoms with Crippen LogP contribution in [0.5, 0.6) is 5.75 Å². The van der Waals surface area contributed by atoms with Gasteiger partial charge in [0.25, 0.3) is 0 Å². The molecule has 78 valence electrons. The third-order valence-electron chi connectivity index (χ3n) is 2.06. The molecule has 0 aliphatic rings. The van der Waals surface area contributed by atoms with E-state index in [1.807, 2.05) is 0 Å². The summed E-state index contributed by atoms with van der Waals surface area (Å²) in [7, 11) is 1.42. The van der Waals surface area contributed by atoms with Crippen LogP contribution >= 0.6 is 0 Å². The maximum absolute atomic E-state index is 13.3. The van der Waals surface area contributed by atoms with E-state index in [2.05, 4.69) is 0 Å². The topological polar surface area (TPSA) is 35.2 Å². The van der Waals surface area contributed by atoms with Crippen molar-refractivity contribution in [2.24, 2.45) is 5.73 Å². The zero-order valence-corrected chi connectivity index (χ0v) is 8.18. The van der Waals surface area contributed by atoms with Crippen LogP contribution in [0, 0.1) is 12.7 Å². The van der Waals surface area contributed by atoms with Gasteiger partial charge in [0.15, 0.2) is 0 Å². The van der Waals surface area contributed by atoms with E-state index in [-0.39, 0.29) is 12.1 Å². The lowest BCUT2D eigenvalue weighted by atomic mass is 10.1. The number of aryl methyl sites for hydroxylation is 1. The number of methoxy groups -OCH3 is 1. The summed E-state index contributed by atoms with van der Waals surface area (Å²) in [5, 5.41) is 0. The predicted octanol–water partition coefficient (Wildman–Crippen LogP) is 2.11. The molecule has 0 amide bonds. The summed E-state index contributed by atoms with van der Waals surface area (Å²) >= 11 is 0. The molecule has 0 radical (unpaired) electrons. The van der Waals surface area contributed by atoms with Crippen molar-refractivity contribution >= 4 is 0 Å². The fourth-order valence-electron chi connectivity index (χ4n) is 1.22. The molecular weight excluding hydrogens is 188 g/mol. The highest BCUT2D eigenvalue weighted by atomic mass is 19.1. The zero-order chi connectivity index (χ0) is 10.7. The van der Waals surface area contributed by atoms with Gasteiger partial charge >= 0.3 is 0 Å². The number of rotatable bonds is 3. The number of nitrogens with two attached hydrogens (primary N) is 1. The van der Waals surface area contributed by atoms with Gasteiger partial charge in [-0.3, -0.25) is 0 Å². The molecule has 1 rings (SSSR count). The Morgan fingerprint density at radius 1 is 1.50 bits per heavy atom. The first kappa shape index (κ1) is 10.9. The Balaban J connectivity index is 3.19. The lowest BCUT2D eigenvalue weighted by Gasteiger charge is -2.12. The van der Waals surface area contributed by atoms with Crippen molar-refractivity contribution in [3.8, 4) is 5.75 Å². The summed E-state index contributed by atoms with van der Waals surface area (Å²) in [6, 6.07) is 2.60. The average Bonchev–Trinajstić information content (AvgIpc) is 2.20. The Morgan fingerprint density at radius 2 is 2.14 bits per heavy atom. The van der Waals surface area contributed by atoms with Crippen molar-refractivity contribution in [2.75, 3.05) is 13.7 Å². The number of ether oxygens (including phenoxy) is 1. The number of alkyl halides is 1. The molecule has 2 nitrogen and oxygen atoms in total. The van der Waals surface area contributed by atoms with Crippen LogP contribution in [-0.2, 0) is 0 Å². The largest absolute Gasteiger partial charge is 0.496 e. The maximum atomic E-state index is 13.3. The van der Waals surface area contributed by atoms with Crippen molar-refractivity contribution in [2.45, 2.75) is 13.1 Å². The molecule has 0 aliphatic heterocycles. The minimum absolute atomic E-state index is 0.165. The Bertz CT molecular complexity index is 328. The molecule has 2 N–H and O–H groups in total. The highest BCUT2D eigenvalue weighted by molar-refractivity contribution is 5.39. The van der Waals surface area contributed by atoms with E-state index in [0.717, 1.165) is 6.07 Å². The fourth-order valence-corrected chi connectivity index (χ4v) is 1.22. The first-order valence-corrected chi connectivity index (χ1v) is 4.28. The zero-order valence-electron chi connectivity index (χ0n) is 8.18. The smallest absolute Gasteiger partial charge is 0.141 e. The lowest BCUT2D eigenvalue weighted by Crippen LogP contribution is -2.09. The average molecular weight is 201 g/mol. The molecule has 0 bridgehead atoms. The first-order chi connectivity index (χ1) is 6.60. The molecule has 0 aromatic heterocycles. The third-order valence-corrected chi connectivity index (χ3v) is 2.06. The Hall–Kier alpha value is -1.16. The van der Waals surface area contributed by atoms with E-state index in [1.54, 1.807) is 6.92 Å².